The van der Waals surface area contributed by atoms with E-state index in [0.29, 0.717) is 24.8 Å². The van der Waals surface area contributed by atoms with Gasteiger partial charge in [-0.2, -0.15) is 4.98 Å². The van der Waals surface area contributed by atoms with E-state index in [1.54, 1.807) is 0 Å². The van der Waals surface area contributed by atoms with E-state index in [0.717, 1.165) is 48.4 Å². The monoisotopic (exact) mass is 495 g/mol. The molecule has 8 heteroatoms. The van der Waals surface area contributed by atoms with Gasteiger partial charge in [0.05, 0.1) is 0 Å². The van der Waals surface area contributed by atoms with Gasteiger partial charge in [0.2, 0.25) is 11.7 Å². The van der Waals surface area contributed by atoms with Crippen LogP contribution in [0.25, 0.3) is 11.4 Å². The van der Waals surface area contributed by atoms with Gasteiger partial charge in [0, 0.05) is 36.6 Å². The Hall–Kier alpha value is -2.90. The number of carboxylic acid groups (broad SMARTS) is 1. The van der Waals surface area contributed by atoms with Crippen LogP contribution >= 0.6 is 11.6 Å². The highest BCUT2D eigenvalue weighted by atomic mass is 35.5. The third-order valence-electron chi connectivity index (χ3n) is 7.34. The first-order valence-corrected chi connectivity index (χ1v) is 12.7. The molecule has 2 fully saturated rings. The molecule has 3 aromatic rings. The number of hydrogen-bond acceptors (Lipinski definition) is 6. The number of aromatic nitrogens is 2. The maximum absolute atomic E-state index is 10.6. The summed E-state index contributed by atoms with van der Waals surface area (Å²) in [5.41, 5.74) is 3.50. The zero-order chi connectivity index (χ0) is 24.3. The Bertz CT molecular complexity index is 1150. The van der Waals surface area contributed by atoms with Crippen molar-refractivity contribution >= 4 is 17.8 Å². The largest absolute Gasteiger partial charge is 0.506 e. The van der Waals surface area contributed by atoms with Crippen LogP contribution in [0.2, 0.25) is 5.02 Å². The van der Waals surface area contributed by atoms with Gasteiger partial charge in [-0.1, -0.05) is 72.4 Å². The Morgan fingerprint density at radius 3 is 2.63 bits per heavy atom. The van der Waals surface area contributed by atoms with Crippen molar-refractivity contribution in [1.29, 1.82) is 0 Å². The molecule has 2 heterocycles. The first-order valence-electron chi connectivity index (χ1n) is 12.3. The molecule has 1 N–H and O–H groups in total. The van der Waals surface area contributed by atoms with E-state index in [-0.39, 0.29) is 11.5 Å². The predicted molar refractivity (Wildman–Crippen MR) is 132 cm³/mol. The van der Waals surface area contributed by atoms with E-state index in [1.165, 1.54) is 24.8 Å². The van der Waals surface area contributed by atoms with Gasteiger partial charge in [-0.15, -0.1) is 0 Å². The molecule has 2 aromatic carbocycles. The molecule has 1 aliphatic heterocycles. The van der Waals surface area contributed by atoms with E-state index in [2.05, 4.69) is 27.2 Å². The highest BCUT2D eigenvalue weighted by Crippen LogP contribution is 2.43. The van der Waals surface area contributed by atoms with Crippen LogP contribution < -0.4 is 0 Å². The van der Waals surface area contributed by atoms with Crippen LogP contribution in [0.3, 0.4) is 0 Å². The molecule has 0 bridgehead atoms. The highest BCUT2D eigenvalue weighted by molar-refractivity contribution is 6.30. The quantitative estimate of drug-likeness (QED) is 0.377. The molecule has 0 atom stereocenters. The van der Waals surface area contributed by atoms with Gasteiger partial charge in [0.25, 0.3) is 0 Å². The second-order valence-corrected chi connectivity index (χ2v) is 10.2. The number of aryl methyl sites for hydroxylation is 1. The normalized spacial score (nSPS) is 18.2. The molecule has 1 aliphatic carbocycles. The standard InChI is InChI=1S/C27H30ClN3O4/c28-22-6-4-5-21(15-22)27(12-2-1-3-13-27)14-11-24-29-25(30-35-24)20-9-7-19(8-10-20)16-31-17-23(18-31)34-26(32)33/h4-10,15,23H,1-3,11-14,16-18H2,(H,32,33). The fourth-order valence-electron chi connectivity index (χ4n) is 5.44. The zero-order valence-electron chi connectivity index (χ0n) is 19.7. The predicted octanol–water partition coefficient (Wildman–Crippen LogP) is 6.10. The van der Waals surface area contributed by atoms with E-state index in [1.807, 2.05) is 36.4 Å². The molecule has 5 rings (SSSR count). The molecule has 0 radical (unpaired) electrons. The number of halogens is 1. The Morgan fingerprint density at radius 1 is 1.14 bits per heavy atom. The molecule has 0 spiro atoms. The van der Waals surface area contributed by atoms with E-state index < -0.39 is 6.16 Å². The van der Waals surface area contributed by atoms with Crippen molar-refractivity contribution in [3.8, 4) is 11.4 Å². The van der Waals surface area contributed by atoms with Crippen molar-refractivity contribution in [2.45, 2.75) is 63.0 Å². The first-order chi connectivity index (χ1) is 17.0. The smallest absolute Gasteiger partial charge is 0.450 e. The zero-order valence-corrected chi connectivity index (χ0v) is 20.4. The van der Waals surface area contributed by atoms with Crippen LogP contribution in [0.4, 0.5) is 4.79 Å². The van der Waals surface area contributed by atoms with E-state index >= 15 is 0 Å². The fraction of sp³-hybridized carbons (Fsp3) is 0.444. The van der Waals surface area contributed by atoms with Crippen molar-refractivity contribution < 1.29 is 19.2 Å². The van der Waals surface area contributed by atoms with Gasteiger partial charge >= 0.3 is 6.16 Å². The fourth-order valence-corrected chi connectivity index (χ4v) is 5.63. The number of rotatable bonds is 8. The summed E-state index contributed by atoms with van der Waals surface area (Å²) in [6.07, 6.45) is 6.36. The number of benzene rings is 2. The molecular weight excluding hydrogens is 466 g/mol. The summed E-state index contributed by atoms with van der Waals surface area (Å²) in [6.45, 7) is 2.00. The number of likely N-dealkylation sites (tertiary alicyclic amines) is 1. The van der Waals surface area contributed by atoms with Gasteiger partial charge in [-0.25, -0.2) is 4.79 Å². The summed E-state index contributed by atoms with van der Waals surface area (Å²) in [7, 11) is 0. The molecule has 0 unspecified atom stereocenters. The maximum atomic E-state index is 10.6. The average molecular weight is 496 g/mol. The summed E-state index contributed by atoms with van der Waals surface area (Å²) >= 11 is 6.32. The number of nitrogens with zero attached hydrogens (tertiary/aromatic N) is 3. The van der Waals surface area contributed by atoms with Gasteiger partial charge in [0.15, 0.2) is 0 Å². The molecule has 35 heavy (non-hydrogen) atoms. The summed E-state index contributed by atoms with van der Waals surface area (Å²) in [6, 6.07) is 16.4. The highest BCUT2D eigenvalue weighted by Gasteiger charge is 2.34. The first kappa shape index (κ1) is 23.8. The minimum Gasteiger partial charge on any atom is -0.450 e. The number of carbonyl (C=O) groups is 1. The summed E-state index contributed by atoms with van der Waals surface area (Å²) in [5, 5.41) is 13.7. The maximum Gasteiger partial charge on any atom is 0.506 e. The lowest BCUT2D eigenvalue weighted by molar-refractivity contribution is -0.0363. The van der Waals surface area contributed by atoms with Crippen LogP contribution in [0.15, 0.2) is 53.1 Å². The van der Waals surface area contributed by atoms with Crippen molar-refractivity contribution in [2.75, 3.05) is 13.1 Å². The van der Waals surface area contributed by atoms with Crippen molar-refractivity contribution in [1.82, 2.24) is 15.0 Å². The minimum absolute atomic E-state index is 0.116. The van der Waals surface area contributed by atoms with E-state index in [9.17, 15) is 4.79 Å². The molecule has 1 aromatic heterocycles. The van der Waals surface area contributed by atoms with Crippen LogP contribution in [-0.2, 0) is 23.1 Å². The lowest BCUT2D eigenvalue weighted by atomic mass is 9.67. The summed E-state index contributed by atoms with van der Waals surface area (Å²) in [5.74, 6) is 1.27. The van der Waals surface area contributed by atoms with Crippen molar-refractivity contribution in [3.63, 3.8) is 0 Å². The molecule has 1 saturated heterocycles. The second kappa shape index (κ2) is 10.4. The number of hydrogen-bond donors (Lipinski definition) is 1. The third kappa shape index (κ3) is 5.68. The Balaban J connectivity index is 1.19. The topological polar surface area (TPSA) is 88.7 Å². The van der Waals surface area contributed by atoms with Gasteiger partial charge < -0.3 is 14.4 Å². The Morgan fingerprint density at radius 2 is 1.91 bits per heavy atom. The van der Waals surface area contributed by atoms with Crippen LogP contribution in [0.5, 0.6) is 0 Å². The minimum atomic E-state index is -1.21. The second-order valence-electron chi connectivity index (χ2n) is 9.76. The molecular formula is C27H30ClN3O4. The van der Waals surface area contributed by atoms with Crippen molar-refractivity contribution in [2.24, 2.45) is 0 Å². The lowest BCUT2D eigenvalue weighted by Crippen LogP contribution is -2.52. The van der Waals surface area contributed by atoms with Crippen LogP contribution in [0, 0.1) is 0 Å². The number of ether oxygens (including phenoxy) is 1. The summed E-state index contributed by atoms with van der Waals surface area (Å²) < 4.78 is 10.4. The Labute approximate surface area is 210 Å². The molecule has 184 valence electrons. The van der Waals surface area contributed by atoms with Crippen molar-refractivity contribution in [3.05, 3.63) is 70.6 Å². The van der Waals surface area contributed by atoms with Gasteiger partial charge in [-0.3, -0.25) is 4.90 Å². The molecule has 7 nitrogen and oxygen atoms in total. The molecule has 0 amide bonds. The summed E-state index contributed by atoms with van der Waals surface area (Å²) in [4.78, 5) is 17.4. The average Bonchev–Trinajstić information content (AvgIpc) is 3.31. The van der Waals surface area contributed by atoms with Crippen LogP contribution in [0.1, 0.15) is 55.5 Å². The van der Waals surface area contributed by atoms with E-state index in [4.69, 9.17) is 26.0 Å². The molecule has 1 saturated carbocycles. The van der Waals surface area contributed by atoms with Crippen LogP contribution in [-0.4, -0.2) is 45.5 Å². The SMILES string of the molecule is O=C(O)OC1CN(Cc2ccc(-c3noc(CCC4(c5cccc(Cl)c5)CCCCC4)n3)cc2)C1. The third-order valence-corrected chi connectivity index (χ3v) is 7.58. The Kier molecular flexibility index (Phi) is 7.07. The lowest BCUT2D eigenvalue weighted by Gasteiger charge is -2.38. The van der Waals surface area contributed by atoms with Gasteiger partial charge in [0.1, 0.15) is 6.10 Å². The van der Waals surface area contributed by atoms with Gasteiger partial charge in [-0.05, 0) is 47.9 Å². The molecule has 2 aliphatic rings.